The molecule has 4 N–H and O–H groups in total. The van der Waals surface area contributed by atoms with Crippen LogP contribution in [-0.4, -0.2) is 12.6 Å². The van der Waals surface area contributed by atoms with E-state index in [-0.39, 0.29) is 0 Å². The van der Waals surface area contributed by atoms with E-state index in [1.165, 1.54) is 57.8 Å². The predicted molar refractivity (Wildman–Crippen MR) is 64.3 cm³/mol. The molecule has 0 spiro atoms. The molecule has 14 heavy (non-hydrogen) atoms. The van der Waals surface area contributed by atoms with Crippen molar-refractivity contribution in [3.8, 4) is 0 Å². The summed E-state index contributed by atoms with van der Waals surface area (Å²) in [5, 5.41) is 0. The average Bonchev–Trinajstić information content (AvgIpc) is 2.18. The summed E-state index contributed by atoms with van der Waals surface area (Å²) in [6.07, 6.45) is 11.4. The first-order valence-corrected chi connectivity index (χ1v) is 6.27. The van der Waals surface area contributed by atoms with Gasteiger partial charge in [0, 0.05) is 6.04 Å². The van der Waals surface area contributed by atoms with Gasteiger partial charge in [0.2, 0.25) is 0 Å². The molecule has 0 aliphatic carbocycles. The van der Waals surface area contributed by atoms with Crippen LogP contribution in [0.3, 0.4) is 0 Å². The Balaban J connectivity index is 3.06. The van der Waals surface area contributed by atoms with Crippen LogP contribution in [0.2, 0.25) is 0 Å². The van der Waals surface area contributed by atoms with Gasteiger partial charge in [-0.1, -0.05) is 45.4 Å². The smallest absolute Gasteiger partial charge is 0.00388 e. The van der Waals surface area contributed by atoms with E-state index < -0.39 is 0 Å². The van der Waals surface area contributed by atoms with Gasteiger partial charge in [-0.25, -0.2) is 0 Å². The van der Waals surface area contributed by atoms with Gasteiger partial charge in [-0.2, -0.15) is 0 Å². The summed E-state index contributed by atoms with van der Waals surface area (Å²) in [6.45, 7) is 3.07. The lowest BCUT2D eigenvalue weighted by Gasteiger charge is -2.10. The van der Waals surface area contributed by atoms with Crippen molar-refractivity contribution in [2.45, 2.75) is 70.8 Å². The van der Waals surface area contributed by atoms with Crippen LogP contribution < -0.4 is 11.5 Å². The summed E-state index contributed by atoms with van der Waals surface area (Å²) in [5.41, 5.74) is 11.4. The monoisotopic (exact) mass is 200 g/mol. The fraction of sp³-hybridized carbons (Fsp3) is 1.00. The molecular weight excluding hydrogens is 172 g/mol. The van der Waals surface area contributed by atoms with Gasteiger partial charge >= 0.3 is 0 Å². The highest BCUT2D eigenvalue weighted by Crippen LogP contribution is 2.09. The van der Waals surface area contributed by atoms with Crippen LogP contribution in [-0.2, 0) is 0 Å². The zero-order chi connectivity index (χ0) is 10.6. The van der Waals surface area contributed by atoms with E-state index in [1.807, 2.05) is 0 Å². The highest BCUT2D eigenvalue weighted by molar-refractivity contribution is 4.61. The maximum atomic E-state index is 6.00. The Kier molecular flexibility index (Phi) is 10.9. The minimum atomic E-state index is 0.444. The number of unbranched alkanes of at least 4 members (excludes halogenated alkanes) is 5. The first-order chi connectivity index (χ1) is 6.81. The zero-order valence-corrected chi connectivity index (χ0v) is 9.80. The summed E-state index contributed by atoms with van der Waals surface area (Å²) in [5.74, 6) is 0. The van der Waals surface area contributed by atoms with E-state index in [1.54, 1.807) is 0 Å². The van der Waals surface area contributed by atoms with Gasteiger partial charge in [0.05, 0.1) is 0 Å². The van der Waals surface area contributed by atoms with Crippen LogP contribution in [0.4, 0.5) is 0 Å². The second-order valence-corrected chi connectivity index (χ2v) is 4.25. The van der Waals surface area contributed by atoms with Crippen molar-refractivity contribution in [3.05, 3.63) is 0 Å². The Morgan fingerprint density at radius 1 is 0.857 bits per heavy atom. The topological polar surface area (TPSA) is 52.0 Å². The predicted octanol–water partition coefficient (Wildman–Crippen LogP) is 2.80. The minimum Gasteiger partial charge on any atom is -0.330 e. The van der Waals surface area contributed by atoms with E-state index in [0.717, 1.165) is 6.54 Å². The molecule has 2 heteroatoms. The standard InChI is InChI=1S/C12H28N2/c1-2-3-6-9-12(14)10-7-4-5-8-11-13/h12H,2-11,13-14H2,1H3. The molecule has 0 aliphatic rings. The first kappa shape index (κ1) is 13.9. The summed E-state index contributed by atoms with van der Waals surface area (Å²) in [6, 6.07) is 0.444. The Hall–Kier alpha value is -0.0800. The summed E-state index contributed by atoms with van der Waals surface area (Å²) in [4.78, 5) is 0. The van der Waals surface area contributed by atoms with Crippen molar-refractivity contribution in [1.82, 2.24) is 0 Å². The van der Waals surface area contributed by atoms with Crippen molar-refractivity contribution in [1.29, 1.82) is 0 Å². The van der Waals surface area contributed by atoms with Crippen LogP contribution in [0.1, 0.15) is 64.7 Å². The van der Waals surface area contributed by atoms with Crippen LogP contribution in [0.5, 0.6) is 0 Å². The Labute approximate surface area is 89.4 Å². The second kappa shape index (κ2) is 11.0. The number of nitrogens with two attached hydrogens (primary N) is 2. The Morgan fingerprint density at radius 2 is 1.43 bits per heavy atom. The Bertz CT molecular complexity index is 104. The van der Waals surface area contributed by atoms with Crippen LogP contribution in [0, 0.1) is 0 Å². The van der Waals surface area contributed by atoms with Crippen LogP contribution in [0.25, 0.3) is 0 Å². The van der Waals surface area contributed by atoms with Crippen molar-refractivity contribution in [2.75, 3.05) is 6.54 Å². The number of rotatable bonds is 10. The largest absolute Gasteiger partial charge is 0.330 e. The summed E-state index contributed by atoms with van der Waals surface area (Å²) >= 11 is 0. The van der Waals surface area contributed by atoms with Gasteiger partial charge in [0.25, 0.3) is 0 Å². The van der Waals surface area contributed by atoms with Crippen LogP contribution in [0.15, 0.2) is 0 Å². The maximum absolute atomic E-state index is 6.00. The molecule has 0 radical (unpaired) electrons. The van der Waals surface area contributed by atoms with E-state index in [4.69, 9.17) is 11.5 Å². The fourth-order valence-electron chi connectivity index (χ4n) is 1.71. The molecule has 0 saturated carbocycles. The molecule has 0 aliphatic heterocycles. The second-order valence-electron chi connectivity index (χ2n) is 4.25. The Morgan fingerprint density at radius 3 is 2.00 bits per heavy atom. The lowest BCUT2D eigenvalue weighted by Crippen LogP contribution is -2.19. The average molecular weight is 200 g/mol. The lowest BCUT2D eigenvalue weighted by atomic mass is 10.0. The highest BCUT2D eigenvalue weighted by atomic mass is 14.6. The molecule has 0 fully saturated rings. The van der Waals surface area contributed by atoms with Crippen LogP contribution >= 0.6 is 0 Å². The lowest BCUT2D eigenvalue weighted by molar-refractivity contribution is 0.496. The molecule has 0 aromatic rings. The van der Waals surface area contributed by atoms with Crippen molar-refractivity contribution in [3.63, 3.8) is 0 Å². The minimum absolute atomic E-state index is 0.444. The fourth-order valence-corrected chi connectivity index (χ4v) is 1.71. The number of hydrogen-bond donors (Lipinski definition) is 2. The van der Waals surface area contributed by atoms with E-state index in [2.05, 4.69) is 6.92 Å². The highest BCUT2D eigenvalue weighted by Gasteiger charge is 2.01. The molecule has 0 bridgehead atoms. The van der Waals surface area contributed by atoms with Gasteiger partial charge in [-0.15, -0.1) is 0 Å². The van der Waals surface area contributed by atoms with Gasteiger partial charge in [0.15, 0.2) is 0 Å². The van der Waals surface area contributed by atoms with Gasteiger partial charge in [-0.05, 0) is 25.8 Å². The summed E-state index contributed by atoms with van der Waals surface area (Å²) in [7, 11) is 0. The van der Waals surface area contributed by atoms with Crippen molar-refractivity contribution >= 4 is 0 Å². The third-order valence-electron chi connectivity index (χ3n) is 2.71. The molecule has 0 saturated heterocycles. The molecule has 0 aromatic heterocycles. The van der Waals surface area contributed by atoms with E-state index in [0.29, 0.717) is 6.04 Å². The van der Waals surface area contributed by atoms with Crippen molar-refractivity contribution in [2.24, 2.45) is 11.5 Å². The molecule has 0 heterocycles. The first-order valence-electron chi connectivity index (χ1n) is 6.27. The third-order valence-corrected chi connectivity index (χ3v) is 2.71. The molecular formula is C12H28N2. The molecule has 2 nitrogen and oxygen atoms in total. The zero-order valence-electron chi connectivity index (χ0n) is 9.80. The third kappa shape index (κ3) is 10.0. The quantitative estimate of drug-likeness (QED) is 0.533. The molecule has 0 amide bonds. The molecule has 1 atom stereocenters. The van der Waals surface area contributed by atoms with Gasteiger partial charge in [-0.3, -0.25) is 0 Å². The SMILES string of the molecule is CCCCCC(N)CCCCCCN. The van der Waals surface area contributed by atoms with E-state index in [9.17, 15) is 0 Å². The molecule has 1 unspecified atom stereocenters. The van der Waals surface area contributed by atoms with Crippen molar-refractivity contribution < 1.29 is 0 Å². The maximum Gasteiger partial charge on any atom is 0.00388 e. The summed E-state index contributed by atoms with van der Waals surface area (Å²) < 4.78 is 0. The molecule has 0 aromatic carbocycles. The molecule has 86 valence electrons. The van der Waals surface area contributed by atoms with E-state index >= 15 is 0 Å². The normalized spacial score (nSPS) is 13.1. The molecule has 0 rings (SSSR count). The van der Waals surface area contributed by atoms with Gasteiger partial charge < -0.3 is 11.5 Å². The van der Waals surface area contributed by atoms with Gasteiger partial charge in [0.1, 0.15) is 0 Å². The number of hydrogen-bond acceptors (Lipinski definition) is 2.